The van der Waals surface area contributed by atoms with Crippen molar-refractivity contribution in [2.45, 2.75) is 52.5 Å². The Morgan fingerprint density at radius 3 is 2.43 bits per heavy atom. The summed E-state index contributed by atoms with van der Waals surface area (Å²) >= 11 is 0. The Kier molecular flexibility index (Phi) is 9.53. The van der Waals surface area contributed by atoms with Crippen molar-refractivity contribution in [2.75, 3.05) is 11.9 Å². The lowest BCUT2D eigenvalue weighted by molar-refractivity contribution is -0.139. The number of rotatable bonds is 8. The molecule has 1 unspecified atom stereocenters. The number of halogens is 1. The second-order valence-corrected chi connectivity index (χ2v) is 5.80. The molecule has 1 aromatic rings. The van der Waals surface area contributed by atoms with Crippen LogP contribution in [0.5, 0.6) is 0 Å². The smallest absolute Gasteiger partial charge is 0.320 e. The van der Waals surface area contributed by atoms with Gasteiger partial charge in [-0.05, 0) is 30.4 Å². The molecule has 6 heteroatoms. The van der Waals surface area contributed by atoms with Gasteiger partial charge >= 0.3 is 5.97 Å². The number of para-hydroxylation sites is 1. The van der Waals surface area contributed by atoms with Gasteiger partial charge in [0.05, 0.1) is 6.54 Å². The van der Waals surface area contributed by atoms with Crippen LogP contribution in [0.2, 0.25) is 0 Å². The quantitative estimate of drug-likeness (QED) is 0.677. The molecule has 0 aliphatic rings. The number of carboxylic acid groups (broad SMARTS) is 1. The number of amides is 1. The molecule has 23 heavy (non-hydrogen) atoms. The number of carbonyl (C=O) groups is 2. The van der Waals surface area contributed by atoms with E-state index in [1.54, 1.807) is 0 Å². The zero-order valence-corrected chi connectivity index (χ0v) is 15.0. The second-order valence-electron chi connectivity index (χ2n) is 5.80. The predicted molar refractivity (Wildman–Crippen MR) is 95.5 cm³/mol. The van der Waals surface area contributed by atoms with Gasteiger partial charge in [0, 0.05) is 5.69 Å². The van der Waals surface area contributed by atoms with Crippen LogP contribution in [-0.2, 0) is 9.59 Å². The van der Waals surface area contributed by atoms with Crippen molar-refractivity contribution >= 4 is 30.0 Å². The maximum Gasteiger partial charge on any atom is 0.320 e. The summed E-state index contributed by atoms with van der Waals surface area (Å²) in [5.41, 5.74) is 2.91. The highest BCUT2D eigenvalue weighted by Gasteiger charge is 2.17. The van der Waals surface area contributed by atoms with Gasteiger partial charge in [-0.2, -0.15) is 0 Å². The lowest BCUT2D eigenvalue weighted by Crippen LogP contribution is -2.41. The number of anilines is 1. The largest absolute Gasteiger partial charge is 0.480 e. The maximum absolute atomic E-state index is 12.1. The molecular weight excluding hydrogens is 316 g/mol. The summed E-state index contributed by atoms with van der Waals surface area (Å²) in [4.78, 5) is 23.2. The molecule has 0 heterocycles. The molecule has 3 N–H and O–H groups in total. The van der Waals surface area contributed by atoms with Gasteiger partial charge in [-0.15, -0.1) is 12.4 Å². The summed E-state index contributed by atoms with van der Waals surface area (Å²) in [5, 5.41) is 14.8. The van der Waals surface area contributed by atoms with Crippen LogP contribution in [0.1, 0.15) is 50.7 Å². The van der Waals surface area contributed by atoms with E-state index in [9.17, 15) is 9.59 Å². The third kappa shape index (κ3) is 6.59. The molecule has 0 radical (unpaired) electrons. The summed E-state index contributed by atoms with van der Waals surface area (Å²) < 4.78 is 0. The first-order chi connectivity index (χ1) is 10.4. The molecule has 0 saturated carbocycles. The van der Waals surface area contributed by atoms with Crippen molar-refractivity contribution in [1.29, 1.82) is 0 Å². The first kappa shape index (κ1) is 21.4. The van der Waals surface area contributed by atoms with Gasteiger partial charge in [-0.1, -0.05) is 45.4 Å². The Labute approximate surface area is 144 Å². The lowest BCUT2D eigenvalue weighted by atomic mass is 9.98. The Bertz CT molecular complexity index is 533. The van der Waals surface area contributed by atoms with Gasteiger partial charge < -0.3 is 10.4 Å². The molecule has 1 aromatic carbocycles. The molecule has 0 bridgehead atoms. The Hall–Kier alpha value is -1.59. The molecule has 5 nitrogen and oxygen atoms in total. The number of carbonyl (C=O) groups excluding carboxylic acids is 1. The van der Waals surface area contributed by atoms with Crippen LogP contribution >= 0.6 is 12.4 Å². The third-order valence-corrected chi connectivity index (χ3v) is 3.58. The molecule has 0 spiro atoms. The summed E-state index contributed by atoms with van der Waals surface area (Å²) in [6.07, 6.45) is 1.26. The van der Waals surface area contributed by atoms with E-state index in [-0.39, 0.29) is 24.9 Å². The van der Waals surface area contributed by atoms with Crippen LogP contribution < -0.4 is 10.6 Å². The fourth-order valence-electron chi connectivity index (χ4n) is 2.34. The van der Waals surface area contributed by atoms with E-state index in [0.717, 1.165) is 23.2 Å². The van der Waals surface area contributed by atoms with E-state index in [1.807, 2.05) is 32.0 Å². The predicted octanol–water partition coefficient (Wildman–Crippen LogP) is 3.32. The van der Waals surface area contributed by atoms with Crippen molar-refractivity contribution in [2.24, 2.45) is 0 Å². The normalized spacial score (nSPS) is 11.7. The molecule has 1 rings (SSSR count). The van der Waals surface area contributed by atoms with Gasteiger partial charge in [-0.25, -0.2) is 0 Å². The second kappa shape index (κ2) is 10.2. The molecule has 0 aromatic heterocycles. The van der Waals surface area contributed by atoms with Gasteiger partial charge in [0.2, 0.25) is 5.91 Å². The van der Waals surface area contributed by atoms with Gasteiger partial charge in [-0.3, -0.25) is 14.9 Å². The number of nitrogens with one attached hydrogen (secondary N) is 2. The van der Waals surface area contributed by atoms with E-state index in [1.165, 1.54) is 0 Å². The SMILES string of the molecule is CCCC(NCC(=O)Nc1c(C)cccc1C(C)C)C(=O)O.Cl. The average Bonchev–Trinajstić information content (AvgIpc) is 2.44. The highest BCUT2D eigenvalue weighted by Crippen LogP contribution is 2.27. The number of benzene rings is 1. The van der Waals surface area contributed by atoms with E-state index < -0.39 is 12.0 Å². The van der Waals surface area contributed by atoms with Crippen molar-refractivity contribution in [3.05, 3.63) is 29.3 Å². The maximum atomic E-state index is 12.1. The fourth-order valence-corrected chi connectivity index (χ4v) is 2.34. The van der Waals surface area contributed by atoms with E-state index in [4.69, 9.17) is 5.11 Å². The first-order valence-electron chi connectivity index (χ1n) is 7.72. The molecule has 1 atom stereocenters. The van der Waals surface area contributed by atoms with Crippen LogP contribution in [0, 0.1) is 6.92 Å². The molecule has 1 amide bonds. The van der Waals surface area contributed by atoms with Crippen LogP contribution in [0.4, 0.5) is 5.69 Å². The molecule has 0 aliphatic carbocycles. The number of hydrogen-bond acceptors (Lipinski definition) is 3. The fraction of sp³-hybridized carbons (Fsp3) is 0.529. The molecule has 130 valence electrons. The lowest BCUT2D eigenvalue weighted by Gasteiger charge is -2.18. The average molecular weight is 343 g/mol. The summed E-state index contributed by atoms with van der Waals surface area (Å²) in [5.74, 6) is -0.845. The van der Waals surface area contributed by atoms with E-state index in [0.29, 0.717) is 12.3 Å². The van der Waals surface area contributed by atoms with Gasteiger partial charge in [0.1, 0.15) is 6.04 Å². The minimum absolute atomic E-state index is 0. The minimum atomic E-state index is -0.923. The Balaban J connectivity index is 0.00000484. The number of aryl methyl sites for hydroxylation is 1. The molecule has 0 saturated heterocycles. The van der Waals surface area contributed by atoms with Crippen LogP contribution in [-0.4, -0.2) is 29.6 Å². The van der Waals surface area contributed by atoms with E-state index in [2.05, 4.69) is 24.5 Å². The summed E-state index contributed by atoms with van der Waals surface area (Å²) in [6.45, 7) is 8.00. The van der Waals surface area contributed by atoms with Crippen molar-refractivity contribution in [3.8, 4) is 0 Å². The highest BCUT2D eigenvalue weighted by atomic mass is 35.5. The van der Waals surface area contributed by atoms with Crippen LogP contribution in [0.3, 0.4) is 0 Å². The van der Waals surface area contributed by atoms with Crippen molar-refractivity contribution in [1.82, 2.24) is 5.32 Å². The van der Waals surface area contributed by atoms with Crippen LogP contribution in [0.15, 0.2) is 18.2 Å². The topological polar surface area (TPSA) is 78.4 Å². The molecule has 0 aliphatic heterocycles. The minimum Gasteiger partial charge on any atom is -0.480 e. The van der Waals surface area contributed by atoms with E-state index >= 15 is 0 Å². The summed E-state index contributed by atoms with van der Waals surface area (Å²) in [7, 11) is 0. The first-order valence-corrected chi connectivity index (χ1v) is 7.72. The van der Waals surface area contributed by atoms with Crippen molar-refractivity contribution < 1.29 is 14.7 Å². The monoisotopic (exact) mass is 342 g/mol. The Morgan fingerprint density at radius 1 is 1.26 bits per heavy atom. The zero-order valence-electron chi connectivity index (χ0n) is 14.2. The molecular formula is C17H27ClN2O3. The van der Waals surface area contributed by atoms with Crippen molar-refractivity contribution in [3.63, 3.8) is 0 Å². The van der Waals surface area contributed by atoms with Crippen LogP contribution in [0.25, 0.3) is 0 Å². The Morgan fingerprint density at radius 2 is 1.91 bits per heavy atom. The molecule has 0 fully saturated rings. The third-order valence-electron chi connectivity index (χ3n) is 3.58. The number of hydrogen-bond donors (Lipinski definition) is 3. The number of aliphatic carboxylic acids is 1. The zero-order chi connectivity index (χ0) is 16.7. The van der Waals surface area contributed by atoms with Gasteiger partial charge in [0.25, 0.3) is 0 Å². The highest BCUT2D eigenvalue weighted by molar-refractivity contribution is 5.94. The number of carboxylic acids is 1. The summed E-state index contributed by atoms with van der Waals surface area (Å²) in [6, 6.07) is 5.24. The standard InChI is InChI=1S/C17H26N2O3.ClH/c1-5-7-14(17(21)22)18-10-15(20)19-16-12(4)8-6-9-13(16)11(2)3;/h6,8-9,11,14,18H,5,7,10H2,1-4H3,(H,19,20)(H,21,22);1H. The van der Waals surface area contributed by atoms with Gasteiger partial charge in [0.15, 0.2) is 0 Å².